The Kier molecular flexibility index (Phi) is 4.50. The number of nitrogens with two attached hydrogens (primary N) is 1. The second-order valence-corrected chi connectivity index (χ2v) is 6.64. The van der Waals surface area contributed by atoms with Crippen LogP contribution >= 0.6 is 0 Å². The topological polar surface area (TPSA) is 67.3 Å². The molecule has 1 aromatic heterocycles. The SMILES string of the molecule is CC(C)(C)C1=CCN(CC(O)Cn2cc(N)cn2)CC1. The molecule has 0 aromatic carbocycles. The molecule has 0 spiro atoms. The zero-order valence-electron chi connectivity index (χ0n) is 12.7. The number of hydrogen-bond acceptors (Lipinski definition) is 4. The van der Waals surface area contributed by atoms with Crippen molar-refractivity contribution in [1.82, 2.24) is 14.7 Å². The molecule has 0 saturated carbocycles. The smallest absolute Gasteiger partial charge is 0.0862 e. The zero-order valence-corrected chi connectivity index (χ0v) is 12.7. The van der Waals surface area contributed by atoms with E-state index in [2.05, 4.69) is 36.8 Å². The monoisotopic (exact) mass is 278 g/mol. The highest BCUT2D eigenvalue weighted by Gasteiger charge is 2.22. The van der Waals surface area contributed by atoms with Gasteiger partial charge >= 0.3 is 0 Å². The summed E-state index contributed by atoms with van der Waals surface area (Å²) in [6.45, 7) is 9.87. The molecule has 1 aromatic rings. The maximum absolute atomic E-state index is 10.1. The van der Waals surface area contributed by atoms with Gasteiger partial charge in [-0.25, -0.2) is 0 Å². The molecule has 5 nitrogen and oxygen atoms in total. The van der Waals surface area contributed by atoms with Crippen LogP contribution in [0.1, 0.15) is 27.2 Å². The fourth-order valence-corrected chi connectivity index (χ4v) is 2.61. The molecule has 0 aliphatic carbocycles. The molecule has 5 heteroatoms. The van der Waals surface area contributed by atoms with Crippen LogP contribution in [-0.4, -0.2) is 45.5 Å². The molecule has 0 bridgehead atoms. The van der Waals surface area contributed by atoms with Crippen LogP contribution in [0.15, 0.2) is 24.0 Å². The summed E-state index contributed by atoms with van der Waals surface area (Å²) in [5.74, 6) is 0. The summed E-state index contributed by atoms with van der Waals surface area (Å²) in [6.07, 6.45) is 6.33. The van der Waals surface area contributed by atoms with E-state index in [1.165, 1.54) is 5.57 Å². The van der Waals surface area contributed by atoms with Crippen LogP contribution in [0, 0.1) is 5.41 Å². The van der Waals surface area contributed by atoms with Crippen molar-refractivity contribution in [1.29, 1.82) is 0 Å². The molecule has 2 heterocycles. The lowest BCUT2D eigenvalue weighted by Gasteiger charge is -2.33. The second kappa shape index (κ2) is 5.97. The number of aromatic nitrogens is 2. The van der Waals surface area contributed by atoms with Gasteiger partial charge in [0.25, 0.3) is 0 Å². The third-order valence-corrected chi connectivity index (χ3v) is 3.78. The summed E-state index contributed by atoms with van der Waals surface area (Å²) >= 11 is 0. The predicted molar refractivity (Wildman–Crippen MR) is 81.2 cm³/mol. The lowest BCUT2D eigenvalue weighted by molar-refractivity contribution is 0.0974. The van der Waals surface area contributed by atoms with Gasteiger partial charge in [0.15, 0.2) is 0 Å². The van der Waals surface area contributed by atoms with Crippen molar-refractivity contribution in [3.8, 4) is 0 Å². The third-order valence-electron chi connectivity index (χ3n) is 3.78. The van der Waals surface area contributed by atoms with E-state index < -0.39 is 6.10 Å². The average Bonchev–Trinajstić information content (AvgIpc) is 2.74. The third kappa shape index (κ3) is 4.08. The Hall–Kier alpha value is -1.33. The summed E-state index contributed by atoms with van der Waals surface area (Å²) in [5.41, 5.74) is 8.02. The molecular weight excluding hydrogens is 252 g/mol. The number of aliphatic hydroxyl groups is 1. The Morgan fingerprint density at radius 3 is 2.65 bits per heavy atom. The average molecular weight is 278 g/mol. The molecule has 1 aliphatic rings. The molecule has 20 heavy (non-hydrogen) atoms. The minimum absolute atomic E-state index is 0.261. The van der Waals surface area contributed by atoms with E-state index in [1.54, 1.807) is 17.1 Å². The van der Waals surface area contributed by atoms with Crippen LogP contribution in [0.4, 0.5) is 5.69 Å². The molecule has 1 aliphatic heterocycles. The van der Waals surface area contributed by atoms with E-state index in [4.69, 9.17) is 5.73 Å². The van der Waals surface area contributed by atoms with Gasteiger partial charge in [0, 0.05) is 25.8 Å². The first-order valence-corrected chi connectivity index (χ1v) is 7.22. The molecular formula is C15H26N4O. The molecule has 1 atom stereocenters. The van der Waals surface area contributed by atoms with Crippen LogP contribution in [0.25, 0.3) is 0 Å². The van der Waals surface area contributed by atoms with Crippen molar-refractivity contribution < 1.29 is 5.11 Å². The van der Waals surface area contributed by atoms with E-state index in [-0.39, 0.29) is 5.41 Å². The summed E-state index contributed by atoms with van der Waals surface area (Å²) in [7, 11) is 0. The molecule has 0 radical (unpaired) electrons. The molecule has 1 unspecified atom stereocenters. The molecule has 112 valence electrons. The second-order valence-electron chi connectivity index (χ2n) is 6.64. The lowest BCUT2D eigenvalue weighted by Crippen LogP contribution is -2.38. The van der Waals surface area contributed by atoms with E-state index in [9.17, 15) is 5.11 Å². The number of hydrogen-bond donors (Lipinski definition) is 2. The normalized spacial score (nSPS) is 18.9. The van der Waals surface area contributed by atoms with Crippen molar-refractivity contribution in [3.05, 3.63) is 24.0 Å². The number of rotatable bonds is 4. The first kappa shape index (κ1) is 15.1. The van der Waals surface area contributed by atoms with Gasteiger partial charge in [-0.15, -0.1) is 0 Å². The molecule has 2 rings (SSSR count). The lowest BCUT2D eigenvalue weighted by atomic mass is 9.83. The number of anilines is 1. The van der Waals surface area contributed by atoms with Crippen LogP contribution in [0.3, 0.4) is 0 Å². The number of aliphatic hydroxyl groups excluding tert-OH is 1. The molecule has 0 saturated heterocycles. The zero-order chi connectivity index (χ0) is 14.8. The number of β-amino-alcohol motifs (C(OH)–C–C–N with tert-alkyl or cyclic N) is 1. The minimum atomic E-state index is -0.418. The highest BCUT2D eigenvalue weighted by molar-refractivity contribution is 5.30. The molecule has 0 fully saturated rings. The largest absolute Gasteiger partial charge is 0.396 e. The van der Waals surface area contributed by atoms with Crippen LogP contribution < -0.4 is 5.73 Å². The Morgan fingerprint density at radius 2 is 2.15 bits per heavy atom. The Bertz CT molecular complexity index is 472. The summed E-state index contributed by atoms with van der Waals surface area (Å²) in [5, 5.41) is 14.2. The quantitative estimate of drug-likeness (QED) is 0.819. The molecule has 0 amide bonds. The van der Waals surface area contributed by atoms with E-state index in [1.807, 2.05) is 0 Å². The first-order valence-electron chi connectivity index (χ1n) is 7.22. The van der Waals surface area contributed by atoms with Gasteiger partial charge in [-0.3, -0.25) is 9.58 Å². The van der Waals surface area contributed by atoms with E-state index in [0.29, 0.717) is 18.8 Å². The van der Waals surface area contributed by atoms with Gasteiger partial charge in [0.05, 0.1) is 24.5 Å². The van der Waals surface area contributed by atoms with Crippen molar-refractivity contribution in [2.75, 3.05) is 25.4 Å². The van der Waals surface area contributed by atoms with Crippen LogP contribution in [0.5, 0.6) is 0 Å². The summed E-state index contributed by atoms with van der Waals surface area (Å²) < 4.78 is 1.69. The van der Waals surface area contributed by atoms with Crippen molar-refractivity contribution in [3.63, 3.8) is 0 Å². The predicted octanol–water partition coefficient (Wildman–Crippen LogP) is 1.50. The fraction of sp³-hybridized carbons (Fsp3) is 0.667. The number of nitrogens with zero attached hydrogens (tertiary/aromatic N) is 3. The number of nitrogen functional groups attached to an aromatic ring is 1. The van der Waals surface area contributed by atoms with Crippen molar-refractivity contribution in [2.24, 2.45) is 5.41 Å². The van der Waals surface area contributed by atoms with Gasteiger partial charge < -0.3 is 10.8 Å². The first-order chi connectivity index (χ1) is 9.34. The van der Waals surface area contributed by atoms with Gasteiger partial charge in [-0.1, -0.05) is 32.4 Å². The maximum atomic E-state index is 10.1. The highest BCUT2D eigenvalue weighted by atomic mass is 16.3. The Labute approximate surface area is 121 Å². The van der Waals surface area contributed by atoms with Gasteiger partial charge in [-0.05, 0) is 11.8 Å². The Morgan fingerprint density at radius 1 is 1.40 bits per heavy atom. The van der Waals surface area contributed by atoms with Crippen molar-refractivity contribution >= 4 is 5.69 Å². The summed E-state index contributed by atoms with van der Waals surface area (Å²) in [6, 6.07) is 0. The Balaban J connectivity index is 1.82. The standard InChI is InChI=1S/C15H26N4O/c1-15(2,3)12-4-6-18(7-5-12)10-14(20)11-19-9-13(16)8-17-19/h4,8-9,14,20H,5-7,10-11,16H2,1-3H3. The van der Waals surface area contributed by atoms with Gasteiger partial charge in [0.1, 0.15) is 0 Å². The fourth-order valence-electron chi connectivity index (χ4n) is 2.61. The van der Waals surface area contributed by atoms with Crippen molar-refractivity contribution in [2.45, 2.75) is 39.8 Å². The highest BCUT2D eigenvalue weighted by Crippen LogP contribution is 2.29. The maximum Gasteiger partial charge on any atom is 0.0862 e. The van der Waals surface area contributed by atoms with E-state index >= 15 is 0 Å². The molecule has 3 N–H and O–H groups in total. The minimum Gasteiger partial charge on any atom is -0.396 e. The van der Waals surface area contributed by atoms with Crippen LogP contribution in [0.2, 0.25) is 0 Å². The summed E-state index contributed by atoms with van der Waals surface area (Å²) in [4.78, 5) is 2.28. The van der Waals surface area contributed by atoms with E-state index in [0.717, 1.165) is 19.5 Å². The van der Waals surface area contributed by atoms with Gasteiger partial charge in [0.2, 0.25) is 0 Å². The van der Waals surface area contributed by atoms with Gasteiger partial charge in [-0.2, -0.15) is 5.10 Å². The van der Waals surface area contributed by atoms with Crippen LogP contribution in [-0.2, 0) is 6.54 Å².